The molecule has 0 aromatic carbocycles. The van der Waals surface area contributed by atoms with Crippen LogP contribution >= 0.6 is 0 Å². The highest BCUT2D eigenvalue weighted by molar-refractivity contribution is 5.91. The Morgan fingerprint density at radius 1 is 1.13 bits per heavy atom. The van der Waals surface area contributed by atoms with Crippen molar-refractivity contribution in [1.29, 1.82) is 0 Å². The quantitative estimate of drug-likeness (QED) is 0.609. The first-order valence-electron chi connectivity index (χ1n) is 12.6. The minimum Gasteiger partial charge on any atom is -0.390 e. The molecular formula is C27H45NO2. The SMILES string of the molecule is CNC1(C(C)CCC(C)(C)O)CCC2C3CCC4=CC(=O)CCC4(C)C3CCC21C. The lowest BCUT2D eigenvalue weighted by atomic mass is 9.45. The molecule has 7 atom stereocenters. The van der Waals surface area contributed by atoms with Gasteiger partial charge < -0.3 is 10.4 Å². The van der Waals surface area contributed by atoms with E-state index < -0.39 is 5.60 Å². The van der Waals surface area contributed by atoms with E-state index in [1.165, 1.54) is 37.7 Å². The number of rotatable bonds is 5. The highest BCUT2D eigenvalue weighted by atomic mass is 16.3. The van der Waals surface area contributed by atoms with E-state index in [-0.39, 0.29) is 11.0 Å². The van der Waals surface area contributed by atoms with Crippen LogP contribution < -0.4 is 5.32 Å². The van der Waals surface area contributed by atoms with Crippen LogP contribution in [0, 0.1) is 34.5 Å². The van der Waals surface area contributed by atoms with Crippen molar-refractivity contribution in [2.24, 2.45) is 34.5 Å². The molecule has 4 aliphatic rings. The molecule has 3 heteroatoms. The van der Waals surface area contributed by atoms with Crippen molar-refractivity contribution in [1.82, 2.24) is 5.32 Å². The summed E-state index contributed by atoms with van der Waals surface area (Å²) in [5, 5.41) is 14.2. The van der Waals surface area contributed by atoms with Gasteiger partial charge >= 0.3 is 0 Å². The summed E-state index contributed by atoms with van der Waals surface area (Å²) in [6.07, 6.45) is 13.4. The summed E-state index contributed by atoms with van der Waals surface area (Å²) in [7, 11) is 2.19. The number of hydrogen-bond donors (Lipinski definition) is 2. The molecule has 3 saturated carbocycles. The summed E-state index contributed by atoms with van der Waals surface area (Å²) in [6, 6.07) is 0. The van der Waals surface area contributed by atoms with Gasteiger partial charge in [-0.3, -0.25) is 4.79 Å². The molecule has 0 heterocycles. The zero-order valence-corrected chi connectivity index (χ0v) is 20.3. The minimum atomic E-state index is -0.584. The molecular weight excluding hydrogens is 370 g/mol. The monoisotopic (exact) mass is 415 g/mol. The molecule has 2 N–H and O–H groups in total. The first kappa shape index (κ1) is 22.5. The molecule has 3 fully saturated rings. The van der Waals surface area contributed by atoms with Crippen LogP contribution in [0.5, 0.6) is 0 Å². The Hall–Kier alpha value is -0.670. The Morgan fingerprint density at radius 2 is 1.83 bits per heavy atom. The third kappa shape index (κ3) is 3.25. The van der Waals surface area contributed by atoms with E-state index in [0.29, 0.717) is 17.1 Å². The largest absolute Gasteiger partial charge is 0.390 e. The molecule has 0 bridgehead atoms. The molecule has 0 spiro atoms. The number of carbonyl (C=O) groups excluding carboxylic acids is 1. The summed E-state index contributed by atoms with van der Waals surface area (Å²) in [4.78, 5) is 12.1. The fourth-order valence-corrected chi connectivity index (χ4v) is 8.92. The van der Waals surface area contributed by atoms with Gasteiger partial charge in [0.15, 0.2) is 5.78 Å². The van der Waals surface area contributed by atoms with Gasteiger partial charge in [0.05, 0.1) is 5.60 Å². The second-order valence-electron chi connectivity index (χ2n) is 12.4. The number of ketones is 1. The van der Waals surface area contributed by atoms with Crippen molar-refractivity contribution in [3.63, 3.8) is 0 Å². The second-order valence-corrected chi connectivity index (χ2v) is 12.4. The van der Waals surface area contributed by atoms with E-state index in [4.69, 9.17) is 0 Å². The fraction of sp³-hybridized carbons (Fsp3) is 0.889. The Balaban J connectivity index is 1.60. The van der Waals surface area contributed by atoms with Crippen molar-refractivity contribution in [3.05, 3.63) is 11.6 Å². The zero-order valence-electron chi connectivity index (χ0n) is 20.3. The van der Waals surface area contributed by atoms with Crippen LogP contribution in [0.1, 0.15) is 98.8 Å². The number of hydrogen-bond acceptors (Lipinski definition) is 3. The molecule has 4 rings (SSSR count). The maximum atomic E-state index is 12.1. The lowest BCUT2D eigenvalue weighted by Gasteiger charge is -2.61. The van der Waals surface area contributed by atoms with Gasteiger partial charge in [-0.15, -0.1) is 0 Å². The van der Waals surface area contributed by atoms with Gasteiger partial charge in [0.25, 0.3) is 0 Å². The third-order valence-electron chi connectivity index (χ3n) is 10.7. The molecule has 0 radical (unpaired) electrons. The lowest BCUT2D eigenvalue weighted by molar-refractivity contribution is -0.118. The lowest BCUT2D eigenvalue weighted by Crippen LogP contribution is -2.62. The predicted octanol–water partition coefficient (Wildman–Crippen LogP) is 5.66. The van der Waals surface area contributed by atoms with Crippen molar-refractivity contribution in [2.75, 3.05) is 7.05 Å². The van der Waals surface area contributed by atoms with Crippen molar-refractivity contribution in [2.45, 2.75) is 110 Å². The third-order valence-corrected chi connectivity index (χ3v) is 10.7. The zero-order chi connectivity index (χ0) is 21.9. The molecule has 0 saturated heterocycles. The first-order chi connectivity index (χ1) is 14.0. The smallest absolute Gasteiger partial charge is 0.155 e. The Bertz CT molecular complexity index is 721. The number of allylic oxidation sites excluding steroid dienone is 1. The van der Waals surface area contributed by atoms with Crippen molar-refractivity contribution < 1.29 is 9.90 Å². The Morgan fingerprint density at radius 3 is 2.50 bits per heavy atom. The van der Waals surface area contributed by atoms with E-state index >= 15 is 0 Å². The molecule has 30 heavy (non-hydrogen) atoms. The van der Waals surface area contributed by atoms with Crippen molar-refractivity contribution in [3.8, 4) is 0 Å². The van der Waals surface area contributed by atoms with Crippen LogP contribution in [0.25, 0.3) is 0 Å². The Labute approximate surface area is 184 Å². The van der Waals surface area contributed by atoms with E-state index in [2.05, 4.69) is 33.1 Å². The van der Waals surface area contributed by atoms with Gasteiger partial charge in [0, 0.05) is 12.0 Å². The molecule has 0 aromatic rings. The van der Waals surface area contributed by atoms with Gasteiger partial charge in [0.2, 0.25) is 0 Å². The maximum absolute atomic E-state index is 12.1. The molecule has 0 aromatic heterocycles. The highest BCUT2D eigenvalue weighted by Gasteiger charge is 2.64. The Kier molecular flexibility index (Phi) is 5.59. The highest BCUT2D eigenvalue weighted by Crippen LogP contribution is 2.68. The molecule has 0 amide bonds. The van der Waals surface area contributed by atoms with E-state index in [0.717, 1.165) is 49.9 Å². The molecule has 7 unspecified atom stereocenters. The first-order valence-corrected chi connectivity index (χ1v) is 12.6. The number of aliphatic hydroxyl groups is 1. The van der Waals surface area contributed by atoms with Gasteiger partial charge in [-0.05, 0) is 119 Å². The van der Waals surface area contributed by atoms with E-state index in [1.807, 2.05) is 19.9 Å². The maximum Gasteiger partial charge on any atom is 0.155 e. The predicted molar refractivity (Wildman–Crippen MR) is 123 cm³/mol. The van der Waals surface area contributed by atoms with Crippen molar-refractivity contribution >= 4 is 5.78 Å². The fourth-order valence-electron chi connectivity index (χ4n) is 8.92. The summed E-state index contributed by atoms with van der Waals surface area (Å²) in [6.45, 7) is 11.4. The normalized spacial score (nSPS) is 44.7. The summed E-state index contributed by atoms with van der Waals surface area (Å²) in [5.41, 5.74) is 1.64. The summed E-state index contributed by atoms with van der Waals surface area (Å²) in [5.74, 6) is 3.25. The van der Waals surface area contributed by atoms with Crippen LogP contribution in [0.2, 0.25) is 0 Å². The molecule has 4 aliphatic carbocycles. The van der Waals surface area contributed by atoms with E-state index in [1.54, 1.807) is 0 Å². The van der Waals surface area contributed by atoms with Gasteiger partial charge in [-0.1, -0.05) is 26.3 Å². The minimum absolute atomic E-state index is 0.174. The molecule has 0 aliphatic heterocycles. The van der Waals surface area contributed by atoms with Crippen LogP contribution in [-0.4, -0.2) is 29.1 Å². The molecule has 170 valence electrons. The summed E-state index contributed by atoms with van der Waals surface area (Å²) >= 11 is 0. The molecule has 3 nitrogen and oxygen atoms in total. The number of carbonyl (C=O) groups is 1. The summed E-state index contributed by atoms with van der Waals surface area (Å²) < 4.78 is 0. The average molecular weight is 416 g/mol. The second kappa shape index (κ2) is 7.44. The topological polar surface area (TPSA) is 49.3 Å². The van der Waals surface area contributed by atoms with Gasteiger partial charge in [-0.25, -0.2) is 0 Å². The van der Waals surface area contributed by atoms with Gasteiger partial charge in [-0.2, -0.15) is 0 Å². The number of nitrogens with one attached hydrogen (secondary N) is 1. The van der Waals surface area contributed by atoms with Crippen LogP contribution in [0.3, 0.4) is 0 Å². The van der Waals surface area contributed by atoms with Crippen LogP contribution in [0.15, 0.2) is 11.6 Å². The van der Waals surface area contributed by atoms with Crippen LogP contribution in [0.4, 0.5) is 0 Å². The van der Waals surface area contributed by atoms with Gasteiger partial charge in [0.1, 0.15) is 0 Å². The standard InChI is InChI=1S/C27H45NO2/c1-18(9-13-24(2,3)30)27(28-6)16-12-23-21-8-7-19-17-20(29)10-14-25(19,4)22(21)11-15-26(23,27)5/h17-18,21-23,28,30H,7-16H2,1-6H3. The van der Waals surface area contributed by atoms with Crippen LogP contribution in [-0.2, 0) is 4.79 Å². The average Bonchev–Trinajstić information content (AvgIpc) is 2.99. The van der Waals surface area contributed by atoms with E-state index in [9.17, 15) is 9.90 Å². The number of fused-ring (bicyclic) bond motifs is 5.